The predicted molar refractivity (Wildman–Crippen MR) is 95.2 cm³/mol. The van der Waals surface area contributed by atoms with Gasteiger partial charge in [-0.3, -0.25) is 14.6 Å². The number of anilines is 1. The fourth-order valence-corrected chi connectivity index (χ4v) is 3.10. The predicted octanol–water partition coefficient (Wildman–Crippen LogP) is 2.44. The number of carbonyl (C=O) groups is 1. The van der Waals surface area contributed by atoms with Gasteiger partial charge in [0, 0.05) is 18.1 Å². The second-order valence-electron chi connectivity index (χ2n) is 6.23. The molecule has 2 N–H and O–H groups in total. The van der Waals surface area contributed by atoms with E-state index in [0.29, 0.717) is 29.6 Å². The summed E-state index contributed by atoms with van der Waals surface area (Å²) in [6, 6.07) is 5.24. The number of furan rings is 1. The maximum Gasteiger partial charge on any atom is 0.255 e. The molecule has 4 rings (SSSR count). The van der Waals surface area contributed by atoms with Gasteiger partial charge in [-0.05, 0) is 37.8 Å². The van der Waals surface area contributed by atoms with Gasteiger partial charge in [0.05, 0.1) is 12.0 Å². The van der Waals surface area contributed by atoms with E-state index >= 15 is 0 Å². The van der Waals surface area contributed by atoms with Crippen LogP contribution in [-0.4, -0.2) is 25.7 Å². The van der Waals surface area contributed by atoms with Gasteiger partial charge in [-0.2, -0.15) is 9.78 Å². The SMILES string of the molecule is CCC(=O)Nc1cc(-c2ccco2)nn1-c1nc2c(c(=O)[nH]1)CCCC2. The highest BCUT2D eigenvalue weighted by atomic mass is 16.3. The molecule has 0 bridgehead atoms. The quantitative estimate of drug-likeness (QED) is 0.749. The van der Waals surface area contributed by atoms with E-state index in [0.717, 1.165) is 36.9 Å². The lowest BCUT2D eigenvalue weighted by Crippen LogP contribution is -2.24. The summed E-state index contributed by atoms with van der Waals surface area (Å²) in [7, 11) is 0. The molecule has 1 aliphatic rings. The van der Waals surface area contributed by atoms with E-state index in [1.165, 1.54) is 4.68 Å². The molecule has 3 heterocycles. The fourth-order valence-electron chi connectivity index (χ4n) is 3.10. The van der Waals surface area contributed by atoms with Crippen molar-refractivity contribution in [2.75, 3.05) is 5.32 Å². The number of hydrogen-bond acceptors (Lipinski definition) is 5. The highest BCUT2D eigenvalue weighted by Crippen LogP contribution is 2.25. The maximum atomic E-state index is 12.4. The van der Waals surface area contributed by atoms with Crippen LogP contribution in [0, 0.1) is 0 Å². The Morgan fingerprint density at radius 1 is 1.38 bits per heavy atom. The Balaban J connectivity index is 1.83. The molecular weight excluding hydrogens is 334 g/mol. The molecule has 0 spiro atoms. The van der Waals surface area contributed by atoms with Gasteiger partial charge < -0.3 is 9.73 Å². The average Bonchev–Trinajstić information content (AvgIpc) is 3.31. The maximum absolute atomic E-state index is 12.4. The first kappa shape index (κ1) is 16.3. The number of rotatable bonds is 4. The minimum absolute atomic E-state index is 0.146. The number of carbonyl (C=O) groups excluding carboxylic acids is 1. The zero-order chi connectivity index (χ0) is 18.1. The number of aryl methyl sites for hydroxylation is 1. The first-order valence-corrected chi connectivity index (χ1v) is 8.72. The molecule has 0 fully saturated rings. The summed E-state index contributed by atoms with van der Waals surface area (Å²) in [6.45, 7) is 1.77. The van der Waals surface area contributed by atoms with Gasteiger partial charge in [0.1, 0.15) is 11.5 Å². The third-order valence-electron chi connectivity index (χ3n) is 4.45. The summed E-state index contributed by atoms with van der Waals surface area (Å²) < 4.78 is 6.83. The van der Waals surface area contributed by atoms with E-state index in [2.05, 4.69) is 20.4 Å². The lowest BCUT2D eigenvalue weighted by molar-refractivity contribution is -0.115. The summed E-state index contributed by atoms with van der Waals surface area (Å²) in [5.41, 5.74) is 1.95. The molecule has 8 nitrogen and oxygen atoms in total. The van der Waals surface area contributed by atoms with Gasteiger partial charge >= 0.3 is 0 Å². The molecule has 0 aromatic carbocycles. The summed E-state index contributed by atoms with van der Waals surface area (Å²) in [4.78, 5) is 31.7. The molecule has 1 amide bonds. The van der Waals surface area contributed by atoms with Gasteiger partial charge in [0.2, 0.25) is 11.9 Å². The molecule has 0 aliphatic heterocycles. The second kappa shape index (κ2) is 6.62. The molecular formula is C18H19N5O3. The van der Waals surface area contributed by atoms with Crippen LogP contribution in [0.1, 0.15) is 37.4 Å². The second-order valence-corrected chi connectivity index (χ2v) is 6.23. The number of aromatic amines is 1. The van der Waals surface area contributed by atoms with E-state index in [1.54, 1.807) is 31.4 Å². The van der Waals surface area contributed by atoms with Crippen LogP contribution in [0.25, 0.3) is 17.4 Å². The number of nitrogens with one attached hydrogen (secondary N) is 2. The summed E-state index contributed by atoms with van der Waals surface area (Å²) in [6.07, 6.45) is 5.41. The molecule has 0 unspecified atom stereocenters. The molecule has 134 valence electrons. The Hall–Kier alpha value is -3.16. The monoisotopic (exact) mass is 353 g/mol. The smallest absolute Gasteiger partial charge is 0.255 e. The van der Waals surface area contributed by atoms with Gasteiger partial charge in [0.25, 0.3) is 5.56 Å². The van der Waals surface area contributed by atoms with E-state index in [1.807, 2.05) is 0 Å². The highest BCUT2D eigenvalue weighted by Gasteiger charge is 2.20. The number of amides is 1. The zero-order valence-corrected chi connectivity index (χ0v) is 14.4. The van der Waals surface area contributed by atoms with Crippen LogP contribution >= 0.6 is 0 Å². The molecule has 0 saturated carbocycles. The van der Waals surface area contributed by atoms with E-state index in [-0.39, 0.29) is 11.5 Å². The molecule has 26 heavy (non-hydrogen) atoms. The number of hydrogen-bond donors (Lipinski definition) is 2. The van der Waals surface area contributed by atoms with Crippen molar-refractivity contribution in [3.8, 4) is 17.4 Å². The van der Waals surface area contributed by atoms with Crippen LogP contribution in [0.15, 0.2) is 33.7 Å². The number of fused-ring (bicyclic) bond motifs is 1. The minimum Gasteiger partial charge on any atom is -0.463 e. The van der Waals surface area contributed by atoms with Crippen molar-refractivity contribution in [2.45, 2.75) is 39.0 Å². The first-order chi connectivity index (χ1) is 12.7. The average molecular weight is 353 g/mol. The molecule has 0 atom stereocenters. The number of H-pyrrole nitrogens is 1. The normalized spacial score (nSPS) is 13.4. The van der Waals surface area contributed by atoms with Gasteiger partial charge in [-0.1, -0.05) is 6.92 Å². The van der Waals surface area contributed by atoms with Crippen LogP contribution < -0.4 is 10.9 Å². The van der Waals surface area contributed by atoms with Crippen molar-refractivity contribution in [1.82, 2.24) is 19.7 Å². The van der Waals surface area contributed by atoms with Crippen molar-refractivity contribution in [3.05, 3.63) is 46.1 Å². The van der Waals surface area contributed by atoms with Crippen LogP contribution in [0.2, 0.25) is 0 Å². The fraction of sp³-hybridized carbons (Fsp3) is 0.333. The van der Waals surface area contributed by atoms with Crippen molar-refractivity contribution in [1.29, 1.82) is 0 Å². The van der Waals surface area contributed by atoms with Crippen molar-refractivity contribution < 1.29 is 9.21 Å². The van der Waals surface area contributed by atoms with Crippen molar-refractivity contribution in [3.63, 3.8) is 0 Å². The molecule has 0 saturated heterocycles. The largest absolute Gasteiger partial charge is 0.463 e. The molecule has 8 heteroatoms. The van der Waals surface area contributed by atoms with Crippen LogP contribution in [0.5, 0.6) is 0 Å². The zero-order valence-electron chi connectivity index (χ0n) is 14.4. The van der Waals surface area contributed by atoms with E-state index in [4.69, 9.17) is 4.42 Å². The third kappa shape index (κ3) is 2.94. The molecule has 0 radical (unpaired) electrons. The Bertz CT molecular complexity index is 1000. The minimum atomic E-state index is -0.155. The van der Waals surface area contributed by atoms with E-state index in [9.17, 15) is 9.59 Å². The molecule has 3 aromatic heterocycles. The van der Waals surface area contributed by atoms with Gasteiger partial charge in [-0.15, -0.1) is 0 Å². The number of aromatic nitrogens is 4. The number of nitrogens with zero attached hydrogens (tertiary/aromatic N) is 3. The lowest BCUT2D eigenvalue weighted by Gasteiger charge is -2.15. The Kier molecular flexibility index (Phi) is 4.16. The van der Waals surface area contributed by atoms with Crippen molar-refractivity contribution >= 4 is 11.7 Å². The first-order valence-electron chi connectivity index (χ1n) is 8.72. The third-order valence-corrected chi connectivity index (χ3v) is 4.45. The molecule has 1 aliphatic carbocycles. The summed E-state index contributed by atoms with van der Waals surface area (Å²) in [5, 5.41) is 7.27. The Morgan fingerprint density at radius 3 is 3.00 bits per heavy atom. The van der Waals surface area contributed by atoms with E-state index < -0.39 is 0 Å². The Morgan fingerprint density at radius 2 is 2.23 bits per heavy atom. The van der Waals surface area contributed by atoms with Gasteiger partial charge in [0.15, 0.2) is 5.76 Å². The molecule has 3 aromatic rings. The van der Waals surface area contributed by atoms with Crippen LogP contribution in [0.4, 0.5) is 5.82 Å². The standard InChI is InChI=1S/C18H19N5O3/c1-2-16(24)20-15-10-13(14-8-5-9-26-14)22-23(15)18-19-12-7-4-3-6-11(12)17(25)21-18/h5,8-10H,2-4,6-7H2,1H3,(H,20,24)(H,19,21,25). The lowest BCUT2D eigenvalue weighted by atomic mass is 9.97. The highest BCUT2D eigenvalue weighted by molar-refractivity contribution is 5.90. The summed E-state index contributed by atoms with van der Waals surface area (Å²) in [5.74, 6) is 1.13. The van der Waals surface area contributed by atoms with Crippen LogP contribution in [-0.2, 0) is 17.6 Å². The Labute approximate surface area is 149 Å². The van der Waals surface area contributed by atoms with Crippen LogP contribution in [0.3, 0.4) is 0 Å². The topological polar surface area (TPSA) is 106 Å². The summed E-state index contributed by atoms with van der Waals surface area (Å²) >= 11 is 0. The van der Waals surface area contributed by atoms with Crippen molar-refractivity contribution in [2.24, 2.45) is 0 Å². The van der Waals surface area contributed by atoms with Gasteiger partial charge in [-0.25, -0.2) is 4.98 Å².